The van der Waals surface area contributed by atoms with E-state index in [1.165, 1.54) is 44.5 Å². The van der Waals surface area contributed by atoms with Crippen molar-refractivity contribution in [2.45, 2.75) is 19.5 Å². The fourth-order valence-electron chi connectivity index (χ4n) is 5.26. The van der Waals surface area contributed by atoms with Gasteiger partial charge < -0.3 is 31.9 Å². The third-order valence-electron chi connectivity index (χ3n) is 7.20. The van der Waals surface area contributed by atoms with Gasteiger partial charge in [-0.1, -0.05) is 66.2 Å². The molecule has 2 aliphatic carbocycles. The standard InChI is InChI=1S/2C15H9.C7H6N4.2Au/c1-2-11-7-8-15-13(9-11)10-12-5-3-4-6-14(12)15;1-2-11-7-8-13-10-12-5-3-4-6-14(12)15(13)9-11;1-3-10(5-8-1)7-11-4-2-9-6-11;;/h2*3-9H,10H2;1-4H,7H2;;/q2*-1;-2;;. The Morgan fingerprint density at radius 2 is 1.07 bits per heavy atom. The SMILES string of the molecule is [Au].[Au].[C-]#Cc1ccc2c(c1)-c1ccccc1C2.[C-]#Cc1ccc2c(c1)Cc1ccccc1-2.[c-]1nccn1Cn1[c-]ncc1. The number of imidazole rings is 2. The number of hydrogen-bond donors (Lipinski definition) is 0. The molecular weight excluding hydrogens is 894 g/mol. The summed E-state index contributed by atoms with van der Waals surface area (Å²) >= 11 is 0. The first-order valence-corrected chi connectivity index (χ1v) is 13.3. The van der Waals surface area contributed by atoms with Crippen LogP contribution in [-0.2, 0) is 64.3 Å². The van der Waals surface area contributed by atoms with E-state index in [1.54, 1.807) is 12.4 Å². The third-order valence-corrected chi connectivity index (χ3v) is 7.20. The van der Waals surface area contributed by atoms with Gasteiger partial charge in [0.15, 0.2) is 0 Å². The van der Waals surface area contributed by atoms with Gasteiger partial charge in [0.2, 0.25) is 0 Å². The Labute approximate surface area is 284 Å². The van der Waals surface area contributed by atoms with Crippen molar-refractivity contribution in [3.05, 3.63) is 169 Å². The van der Waals surface area contributed by atoms with E-state index >= 15 is 0 Å². The topological polar surface area (TPSA) is 35.6 Å². The number of rotatable bonds is 2. The summed E-state index contributed by atoms with van der Waals surface area (Å²) in [5, 5.41) is 0. The Balaban J connectivity index is 0.000000146. The molecule has 0 saturated carbocycles. The molecule has 6 heteroatoms. The first-order valence-electron chi connectivity index (χ1n) is 13.3. The molecule has 0 spiro atoms. The van der Waals surface area contributed by atoms with Crippen LogP contribution in [0.4, 0.5) is 0 Å². The molecule has 6 aromatic rings. The molecule has 0 bridgehead atoms. The maximum absolute atomic E-state index is 7.14. The molecule has 0 aliphatic heterocycles. The van der Waals surface area contributed by atoms with Crippen LogP contribution in [0.3, 0.4) is 0 Å². The molecule has 2 radical (unpaired) electrons. The summed E-state index contributed by atoms with van der Waals surface area (Å²) in [7, 11) is 0. The number of hydrogen-bond acceptors (Lipinski definition) is 2. The Bertz CT molecular complexity index is 1860. The van der Waals surface area contributed by atoms with E-state index < -0.39 is 0 Å². The molecular formula is C37H24Au2N4-4. The van der Waals surface area contributed by atoms with Gasteiger partial charge >= 0.3 is 0 Å². The van der Waals surface area contributed by atoms with E-state index in [0.29, 0.717) is 6.67 Å². The van der Waals surface area contributed by atoms with E-state index in [-0.39, 0.29) is 44.8 Å². The van der Waals surface area contributed by atoms with Gasteiger partial charge in [0.05, 0.1) is 6.67 Å². The Hall–Kier alpha value is -4.10. The van der Waals surface area contributed by atoms with Gasteiger partial charge in [-0.25, -0.2) is 0 Å². The predicted molar refractivity (Wildman–Crippen MR) is 159 cm³/mol. The van der Waals surface area contributed by atoms with Gasteiger partial charge in [-0.3, -0.25) is 11.8 Å². The van der Waals surface area contributed by atoms with Gasteiger partial charge in [0.1, 0.15) is 0 Å². The van der Waals surface area contributed by atoms with Crippen LogP contribution in [0.1, 0.15) is 33.4 Å². The van der Waals surface area contributed by atoms with Crippen LogP contribution in [0.25, 0.3) is 22.3 Å². The van der Waals surface area contributed by atoms with Crippen LogP contribution in [0, 0.1) is 37.3 Å². The molecule has 2 aromatic heterocycles. The molecule has 43 heavy (non-hydrogen) atoms. The summed E-state index contributed by atoms with van der Waals surface area (Å²) in [5.74, 6) is 4.87. The van der Waals surface area contributed by atoms with Crippen molar-refractivity contribution in [1.82, 2.24) is 19.1 Å². The molecule has 2 aliphatic rings. The zero-order chi connectivity index (χ0) is 28.0. The Kier molecular flexibility index (Phi) is 11.0. The minimum atomic E-state index is 0. The van der Waals surface area contributed by atoms with Crippen molar-refractivity contribution >= 4 is 0 Å². The minimum absolute atomic E-state index is 0. The first kappa shape index (κ1) is 31.8. The van der Waals surface area contributed by atoms with E-state index in [2.05, 4.69) is 101 Å². The van der Waals surface area contributed by atoms with E-state index in [9.17, 15) is 0 Å². The Morgan fingerprint density at radius 3 is 1.65 bits per heavy atom. The number of nitrogens with zero attached hydrogens (tertiary/aromatic N) is 4. The number of aromatic nitrogens is 4. The second kappa shape index (κ2) is 14.9. The number of fused-ring (bicyclic) bond motifs is 6. The van der Waals surface area contributed by atoms with Crippen molar-refractivity contribution in [3.63, 3.8) is 0 Å². The van der Waals surface area contributed by atoms with Gasteiger partial charge in [-0.15, -0.1) is 60.2 Å². The molecule has 2 heterocycles. The molecule has 4 aromatic carbocycles. The second-order valence-corrected chi connectivity index (χ2v) is 9.80. The van der Waals surface area contributed by atoms with Crippen LogP contribution >= 0.6 is 0 Å². The van der Waals surface area contributed by atoms with Crippen molar-refractivity contribution in [2.75, 3.05) is 0 Å². The summed E-state index contributed by atoms with van der Waals surface area (Å²) in [6.45, 7) is 0.667. The monoisotopic (exact) mass is 918 g/mol. The average Bonchev–Trinajstić information content (AvgIpc) is 3.84. The van der Waals surface area contributed by atoms with E-state index in [4.69, 9.17) is 12.8 Å². The van der Waals surface area contributed by atoms with Crippen LogP contribution in [0.15, 0.2) is 110 Å². The van der Waals surface area contributed by atoms with Crippen molar-refractivity contribution in [1.29, 1.82) is 0 Å². The average molecular weight is 919 g/mol. The summed E-state index contributed by atoms with van der Waals surface area (Å²) in [6, 6.07) is 29.2. The fourth-order valence-corrected chi connectivity index (χ4v) is 5.26. The fraction of sp³-hybridized carbons (Fsp3) is 0.0811. The summed E-state index contributed by atoms with van der Waals surface area (Å²) < 4.78 is 3.64. The minimum Gasteiger partial charge on any atom is -0.439 e. The molecule has 0 amide bonds. The van der Waals surface area contributed by atoms with Crippen LogP contribution in [-0.4, -0.2) is 19.1 Å². The van der Waals surface area contributed by atoms with E-state index in [0.717, 1.165) is 24.0 Å². The summed E-state index contributed by atoms with van der Waals surface area (Å²) in [6.07, 6.45) is 28.9. The van der Waals surface area contributed by atoms with Crippen molar-refractivity contribution in [3.8, 4) is 34.1 Å². The molecule has 0 unspecified atom stereocenters. The maximum atomic E-state index is 7.14. The smallest absolute Gasteiger partial charge is 0.0554 e. The number of benzene rings is 4. The second-order valence-electron chi connectivity index (χ2n) is 9.80. The molecule has 0 N–H and O–H groups in total. The third kappa shape index (κ3) is 7.28. The van der Waals surface area contributed by atoms with Gasteiger partial charge in [0, 0.05) is 57.4 Å². The van der Waals surface area contributed by atoms with Crippen LogP contribution in [0.2, 0.25) is 0 Å². The van der Waals surface area contributed by atoms with Crippen molar-refractivity contribution < 1.29 is 44.8 Å². The first-order chi connectivity index (χ1) is 20.2. The molecule has 218 valence electrons. The molecule has 4 nitrogen and oxygen atoms in total. The van der Waals surface area contributed by atoms with Crippen LogP contribution < -0.4 is 0 Å². The summed E-state index contributed by atoms with van der Waals surface area (Å²) in [4.78, 5) is 7.59. The predicted octanol–water partition coefficient (Wildman–Crippen LogP) is 6.57. The molecule has 0 atom stereocenters. The zero-order valence-electron chi connectivity index (χ0n) is 22.9. The molecule has 0 fully saturated rings. The maximum Gasteiger partial charge on any atom is 0.0554 e. The quantitative estimate of drug-likeness (QED) is 0.112. The van der Waals surface area contributed by atoms with Crippen molar-refractivity contribution in [2.24, 2.45) is 0 Å². The Morgan fingerprint density at radius 1 is 0.581 bits per heavy atom. The van der Waals surface area contributed by atoms with Crippen LogP contribution in [0.5, 0.6) is 0 Å². The largest absolute Gasteiger partial charge is 0.439 e. The normalized spacial score (nSPS) is 10.7. The molecule has 8 rings (SSSR count). The van der Waals surface area contributed by atoms with Gasteiger partial charge in [-0.05, 0) is 51.8 Å². The van der Waals surface area contributed by atoms with Gasteiger partial charge in [-0.2, -0.15) is 0 Å². The molecule has 0 saturated heterocycles. The van der Waals surface area contributed by atoms with E-state index in [1.807, 2.05) is 39.7 Å². The zero-order valence-corrected chi connectivity index (χ0v) is 27.2. The summed E-state index contributed by atoms with van der Waals surface area (Å²) in [5.41, 5.74) is 12.4. The van der Waals surface area contributed by atoms with Gasteiger partial charge in [0.25, 0.3) is 0 Å².